The Kier molecular flexibility index (Phi) is 2.84. The van der Waals surface area contributed by atoms with E-state index in [1.807, 2.05) is 0 Å². The van der Waals surface area contributed by atoms with Crippen LogP contribution < -0.4 is 11.1 Å². The molecule has 0 spiro atoms. The van der Waals surface area contributed by atoms with E-state index in [1.54, 1.807) is 7.05 Å². The molecular formula is C7H14N2O2. The van der Waals surface area contributed by atoms with Gasteiger partial charge in [-0.3, -0.25) is 4.79 Å². The first-order valence-electron chi connectivity index (χ1n) is 3.83. The summed E-state index contributed by atoms with van der Waals surface area (Å²) in [6.07, 6.45) is 1.33. The zero-order valence-electron chi connectivity index (χ0n) is 6.67. The van der Waals surface area contributed by atoms with Gasteiger partial charge < -0.3 is 15.8 Å². The molecule has 1 fully saturated rings. The van der Waals surface area contributed by atoms with E-state index in [9.17, 15) is 4.79 Å². The van der Waals surface area contributed by atoms with Crippen LogP contribution in [-0.2, 0) is 9.53 Å². The van der Waals surface area contributed by atoms with E-state index in [0.717, 1.165) is 12.8 Å². The molecule has 4 heteroatoms. The molecule has 2 atom stereocenters. The molecule has 64 valence electrons. The Hall–Kier alpha value is -0.610. The third-order valence-electron chi connectivity index (χ3n) is 1.85. The van der Waals surface area contributed by atoms with Gasteiger partial charge >= 0.3 is 0 Å². The van der Waals surface area contributed by atoms with Crippen LogP contribution in [0.1, 0.15) is 12.8 Å². The van der Waals surface area contributed by atoms with E-state index in [0.29, 0.717) is 6.61 Å². The zero-order chi connectivity index (χ0) is 8.27. The first-order chi connectivity index (χ1) is 5.24. The summed E-state index contributed by atoms with van der Waals surface area (Å²) in [7, 11) is 1.61. The molecule has 0 aromatic rings. The number of ether oxygens (including phenoxy) is 1. The van der Waals surface area contributed by atoms with E-state index < -0.39 is 0 Å². The van der Waals surface area contributed by atoms with E-state index in [-0.39, 0.29) is 18.1 Å². The number of carbonyl (C=O) groups is 1. The highest BCUT2D eigenvalue weighted by Gasteiger charge is 2.23. The third-order valence-corrected chi connectivity index (χ3v) is 1.85. The van der Waals surface area contributed by atoms with Crippen LogP contribution in [0.2, 0.25) is 0 Å². The second kappa shape index (κ2) is 3.69. The molecule has 1 heterocycles. The first kappa shape index (κ1) is 8.49. The molecule has 4 nitrogen and oxygen atoms in total. The van der Waals surface area contributed by atoms with Crippen molar-refractivity contribution in [1.82, 2.24) is 5.32 Å². The minimum Gasteiger partial charge on any atom is -0.367 e. The Morgan fingerprint density at radius 1 is 1.64 bits per heavy atom. The average molecular weight is 158 g/mol. The standard InChI is InChI=1S/C7H14N2O2/c1-9-7(10)6-3-2-5(8)4-11-6/h5-6H,2-4,8H2,1H3,(H,9,10)/t5-,6?/m1/s1. The average Bonchev–Trinajstić information content (AvgIpc) is 2.05. The first-order valence-corrected chi connectivity index (χ1v) is 3.83. The summed E-state index contributed by atoms with van der Waals surface area (Å²) in [5.41, 5.74) is 5.58. The van der Waals surface area contributed by atoms with Gasteiger partial charge in [-0.05, 0) is 12.8 Å². The Balaban J connectivity index is 2.33. The molecule has 0 aromatic carbocycles. The molecule has 0 aliphatic carbocycles. The summed E-state index contributed by atoms with van der Waals surface area (Å²) in [6, 6.07) is 0.107. The fourth-order valence-corrected chi connectivity index (χ4v) is 1.14. The van der Waals surface area contributed by atoms with Crippen LogP contribution in [0, 0.1) is 0 Å². The monoisotopic (exact) mass is 158 g/mol. The second-order valence-corrected chi connectivity index (χ2v) is 2.77. The van der Waals surface area contributed by atoms with Crippen molar-refractivity contribution in [3.8, 4) is 0 Å². The molecule has 3 N–H and O–H groups in total. The molecule has 1 unspecified atom stereocenters. The van der Waals surface area contributed by atoms with Gasteiger partial charge in [0, 0.05) is 13.1 Å². The van der Waals surface area contributed by atoms with Crippen LogP contribution >= 0.6 is 0 Å². The molecule has 1 amide bonds. The maximum Gasteiger partial charge on any atom is 0.248 e. The summed E-state index contributed by atoms with van der Waals surface area (Å²) >= 11 is 0. The number of amides is 1. The van der Waals surface area contributed by atoms with Gasteiger partial charge in [0.15, 0.2) is 0 Å². The van der Waals surface area contributed by atoms with Crippen molar-refractivity contribution >= 4 is 5.91 Å². The summed E-state index contributed by atoms with van der Waals surface area (Å²) in [5, 5.41) is 2.54. The van der Waals surface area contributed by atoms with Crippen LogP contribution in [0.25, 0.3) is 0 Å². The zero-order valence-corrected chi connectivity index (χ0v) is 6.67. The number of likely N-dealkylation sites (N-methyl/N-ethyl adjacent to an activating group) is 1. The van der Waals surface area contributed by atoms with E-state index >= 15 is 0 Å². The summed E-state index contributed by atoms with van der Waals surface area (Å²) < 4.78 is 5.21. The van der Waals surface area contributed by atoms with Crippen LogP contribution in [0.4, 0.5) is 0 Å². The molecule has 0 radical (unpaired) electrons. The quantitative estimate of drug-likeness (QED) is 0.527. The minimum atomic E-state index is -0.278. The lowest BCUT2D eigenvalue weighted by atomic mass is 10.1. The molecule has 1 aliphatic rings. The highest BCUT2D eigenvalue weighted by Crippen LogP contribution is 2.11. The molecule has 0 saturated carbocycles. The lowest BCUT2D eigenvalue weighted by molar-refractivity contribution is -0.135. The van der Waals surface area contributed by atoms with Gasteiger partial charge in [0.2, 0.25) is 5.91 Å². The van der Waals surface area contributed by atoms with Crippen molar-refractivity contribution < 1.29 is 9.53 Å². The summed E-state index contributed by atoms with van der Waals surface area (Å²) in [6.45, 7) is 0.498. The summed E-state index contributed by atoms with van der Waals surface area (Å²) in [5.74, 6) is -0.0445. The van der Waals surface area contributed by atoms with Crippen molar-refractivity contribution in [3.05, 3.63) is 0 Å². The number of nitrogens with two attached hydrogens (primary N) is 1. The Morgan fingerprint density at radius 3 is 2.82 bits per heavy atom. The van der Waals surface area contributed by atoms with Crippen LogP contribution in [0.15, 0.2) is 0 Å². The van der Waals surface area contributed by atoms with Gasteiger partial charge in [-0.25, -0.2) is 0 Å². The van der Waals surface area contributed by atoms with Crippen LogP contribution in [-0.4, -0.2) is 31.7 Å². The summed E-state index contributed by atoms with van der Waals surface area (Å²) in [4.78, 5) is 11.0. The molecular weight excluding hydrogens is 144 g/mol. The normalized spacial score (nSPS) is 31.5. The lowest BCUT2D eigenvalue weighted by Gasteiger charge is -2.25. The van der Waals surface area contributed by atoms with Gasteiger partial charge in [0.05, 0.1) is 6.61 Å². The number of hydrogen-bond donors (Lipinski definition) is 2. The third kappa shape index (κ3) is 2.17. The van der Waals surface area contributed by atoms with Crippen molar-refractivity contribution in [2.24, 2.45) is 5.73 Å². The highest BCUT2D eigenvalue weighted by molar-refractivity contribution is 5.80. The Bertz CT molecular complexity index is 141. The molecule has 1 saturated heterocycles. The predicted molar refractivity (Wildman–Crippen MR) is 41.0 cm³/mol. The van der Waals surface area contributed by atoms with Gasteiger partial charge in [-0.1, -0.05) is 0 Å². The Labute approximate surface area is 66.1 Å². The fraction of sp³-hybridized carbons (Fsp3) is 0.857. The molecule has 1 rings (SSSR count). The number of carbonyl (C=O) groups excluding carboxylic acids is 1. The number of hydrogen-bond acceptors (Lipinski definition) is 3. The van der Waals surface area contributed by atoms with Crippen molar-refractivity contribution in [2.75, 3.05) is 13.7 Å². The smallest absolute Gasteiger partial charge is 0.248 e. The topological polar surface area (TPSA) is 64.4 Å². The predicted octanol–water partition coefficient (Wildman–Crippen LogP) is -0.761. The van der Waals surface area contributed by atoms with Crippen molar-refractivity contribution in [3.63, 3.8) is 0 Å². The highest BCUT2D eigenvalue weighted by atomic mass is 16.5. The molecule has 0 bridgehead atoms. The van der Waals surface area contributed by atoms with E-state index in [4.69, 9.17) is 10.5 Å². The maximum absolute atomic E-state index is 11.0. The van der Waals surface area contributed by atoms with Crippen molar-refractivity contribution in [1.29, 1.82) is 0 Å². The molecule has 1 aliphatic heterocycles. The molecule has 0 aromatic heterocycles. The van der Waals surface area contributed by atoms with Crippen LogP contribution in [0.3, 0.4) is 0 Å². The maximum atomic E-state index is 11.0. The van der Waals surface area contributed by atoms with E-state index in [1.165, 1.54) is 0 Å². The van der Waals surface area contributed by atoms with Gasteiger partial charge in [-0.2, -0.15) is 0 Å². The van der Waals surface area contributed by atoms with E-state index in [2.05, 4.69) is 5.32 Å². The van der Waals surface area contributed by atoms with Crippen molar-refractivity contribution in [2.45, 2.75) is 25.0 Å². The lowest BCUT2D eigenvalue weighted by Crippen LogP contribution is -2.42. The van der Waals surface area contributed by atoms with Crippen LogP contribution in [0.5, 0.6) is 0 Å². The Morgan fingerprint density at radius 2 is 2.36 bits per heavy atom. The number of rotatable bonds is 1. The van der Waals surface area contributed by atoms with Gasteiger partial charge in [0.25, 0.3) is 0 Å². The van der Waals surface area contributed by atoms with Gasteiger partial charge in [0.1, 0.15) is 6.10 Å². The molecule has 11 heavy (non-hydrogen) atoms. The SMILES string of the molecule is CNC(=O)C1CC[C@@H](N)CO1. The second-order valence-electron chi connectivity index (χ2n) is 2.77. The number of nitrogens with one attached hydrogen (secondary N) is 1. The fourth-order valence-electron chi connectivity index (χ4n) is 1.14. The largest absolute Gasteiger partial charge is 0.367 e. The van der Waals surface area contributed by atoms with Gasteiger partial charge in [-0.15, -0.1) is 0 Å². The minimum absolute atomic E-state index is 0.0445.